The lowest BCUT2D eigenvalue weighted by molar-refractivity contribution is -0.383. The molecule has 0 unspecified atom stereocenters. The fourth-order valence-corrected chi connectivity index (χ4v) is 1.63. The first kappa shape index (κ1) is 9.86. The van der Waals surface area contributed by atoms with Gasteiger partial charge in [0.05, 0.1) is 4.92 Å². The lowest BCUT2D eigenvalue weighted by Crippen LogP contribution is -1.94. The molecular weight excluding hydrogens is 216 g/mol. The largest absolute Gasteiger partial charge is 0.298 e. The molecule has 0 radical (unpaired) electrons. The number of nitro benzene ring substituents is 1. The molecule has 2 aromatic rings. The van der Waals surface area contributed by atoms with Gasteiger partial charge in [0.1, 0.15) is 10.7 Å². The molecule has 5 heteroatoms. The van der Waals surface area contributed by atoms with E-state index < -0.39 is 4.92 Å². The maximum atomic E-state index is 10.9. The summed E-state index contributed by atoms with van der Waals surface area (Å²) in [7, 11) is 0. The molecule has 0 atom stereocenters. The van der Waals surface area contributed by atoms with Crippen molar-refractivity contribution in [3.05, 3.63) is 45.1 Å². The minimum absolute atomic E-state index is 0.0231. The zero-order valence-electron chi connectivity index (χ0n) is 7.90. The Morgan fingerprint density at radius 1 is 1.33 bits per heavy atom. The second kappa shape index (κ2) is 3.47. The number of halogens is 1. The Kier molecular flexibility index (Phi) is 2.28. The van der Waals surface area contributed by atoms with Gasteiger partial charge < -0.3 is 0 Å². The molecule has 0 aliphatic carbocycles. The minimum atomic E-state index is -0.430. The van der Waals surface area contributed by atoms with E-state index in [9.17, 15) is 10.1 Å². The zero-order valence-corrected chi connectivity index (χ0v) is 8.65. The Bertz CT molecular complexity index is 549. The number of pyridine rings is 1. The highest BCUT2D eigenvalue weighted by Gasteiger charge is 2.16. The van der Waals surface area contributed by atoms with E-state index in [-0.39, 0.29) is 10.8 Å². The van der Waals surface area contributed by atoms with Gasteiger partial charge in [0, 0.05) is 10.9 Å². The third-order valence-electron chi connectivity index (χ3n) is 2.19. The predicted molar refractivity (Wildman–Crippen MR) is 58.1 cm³/mol. The van der Waals surface area contributed by atoms with E-state index in [1.54, 1.807) is 31.2 Å². The van der Waals surface area contributed by atoms with Crippen LogP contribution in [-0.4, -0.2) is 9.91 Å². The summed E-state index contributed by atoms with van der Waals surface area (Å²) in [6.07, 6.45) is 0. The first-order valence-electron chi connectivity index (χ1n) is 4.30. The molecule has 0 bridgehead atoms. The molecule has 15 heavy (non-hydrogen) atoms. The second-order valence-electron chi connectivity index (χ2n) is 3.19. The van der Waals surface area contributed by atoms with Gasteiger partial charge in [-0.1, -0.05) is 23.7 Å². The molecule has 0 aliphatic heterocycles. The maximum Gasteiger partial charge on any atom is 0.298 e. The van der Waals surface area contributed by atoms with Gasteiger partial charge >= 0.3 is 0 Å². The van der Waals surface area contributed by atoms with Crippen molar-refractivity contribution in [1.29, 1.82) is 0 Å². The summed E-state index contributed by atoms with van der Waals surface area (Å²) in [5, 5.41) is 11.8. The average Bonchev–Trinajstić information content (AvgIpc) is 2.16. The van der Waals surface area contributed by atoms with E-state index in [2.05, 4.69) is 4.98 Å². The van der Waals surface area contributed by atoms with E-state index in [0.29, 0.717) is 11.1 Å². The van der Waals surface area contributed by atoms with Crippen LogP contribution in [0.2, 0.25) is 5.15 Å². The Balaban J connectivity index is 2.90. The van der Waals surface area contributed by atoms with E-state index in [1.165, 1.54) is 0 Å². The summed E-state index contributed by atoms with van der Waals surface area (Å²) < 4.78 is 0. The van der Waals surface area contributed by atoms with Crippen molar-refractivity contribution in [2.45, 2.75) is 6.92 Å². The minimum Gasteiger partial charge on any atom is -0.258 e. The van der Waals surface area contributed by atoms with E-state index in [0.717, 1.165) is 5.39 Å². The summed E-state index contributed by atoms with van der Waals surface area (Å²) in [6.45, 7) is 1.68. The fourth-order valence-electron chi connectivity index (χ4n) is 1.48. The molecule has 0 saturated carbocycles. The first-order valence-corrected chi connectivity index (χ1v) is 4.67. The molecule has 4 nitrogen and oxygen atoms in total. The van der Waals surface area contributed by atoms with E-state index in [4.69, 9.17) is 11.6 Å². The molecule has 1 aromatic heterocycles. The van der Waals surface area contributed by atoms with Crippen LogP contribution in [0.1, 0.15) is 5.56 Å². The molecule has 0 N–H and O–H groups in total. The van der Waals surface area contributed by atoms with Crippen LogP contribution in [0.25, 0.3) is 10.9 Å². The zero-order chi connectivity index (χ0) is 11.0. The van der Waals surface area contributed by atoms with Gasteiger partial charge in [0.15, 0.2) is 0 Å². The second-order valence-corrected chi connectivity index (χ2v) is 3.58. The third kappa shape index (κ3) is 1.64. The number of nitro groups is 1. The number of fused-ring (bicyclic) bond motifs is 1. The fraction of sp³-hybridized carbons (Fsp3) is 0.100. The van der Waals surface area contributed by atoms with Crippen molar-refractivity contribution in [2.24, 2.45) is 0 Å². The van der Waals surface area contributed by atoms with Gasteiger partial charge in [-0.15, -0.1) is 0 Å². The number of benzene rings is 1. The molecule has 0 saturated heterocycles. The van der Waals surface area contributed by atoms with Gasteiger partial charge in [-0.25, -0.2) is 4.98 Å². The number of hydrogen-bond acceptors (Lipinski definition) is 3. The predicted octanol–water partition coefficient (Wildman–Crippen LogP) is 3.10. The molecule has 76 valence electrons. The molecule has 0 spiro atoms. The van der Waals surface area contributed by atoms with Crippen LogP contribution >= 0.6 is 11.6 Å². The Morgan fingerprint density at radius 2 is 2.00 bits per heavy atom. The molecule has 1 aromatic carbocycles. The van der Waals surface area contributed by atoms with Gasteiger partial charge in [0.25, 0.3) is 5.69 Å². The summed E-state index contributed by atoms with van der Waals surface area (Å²) in [5.74, 6) is 0. The summed E-state index contributed by atoms with van der Waals surface area (Å²) >= 11 is 5.71. The maximum absolute atomic E-state index is 10.9. The Labute approximate surface area is 90.7 Å². The Hall–Kier alpha value is -1.68. The smallest absolute Gasteiger partial charge is 0.258 e. The van der Waals surface area contributed by atoms with Crippen molar-refractivity contribution in [3.63, 3.8) is 0 Å². The topological polar surface area (TPSA) is 56.0 Å². The summed E-state index contributed by atoms with van der Waals surface area (Å²) in [4.78, 5) is 14.4. The van der Waals surface area contributed by atoms with Crippen LogP contribution < -0.4 is 0 Å². The van der Waals surface area contributed by atoms with Gasteiger partial charge in [-0.3, -0.25) is 10.1 Å². The number of nitrogens with zero attached hydrogens (tertiary/aromatic N) is 2. The molecule has 2 rings (SSSR count). The highest BCUT2D eigenvalue weighted by Crippen LogP contribution is 2.28. The quantitative estimate of drug-likeness (QED) is 0.423. The summed E-state index contributed by atoms with van der Waals surface area (Å²) in [5.41, 5.74) is 0.949. The van der Waals surface area contributed by atoms with Crippen LogP contribution in [0, 0.1) is 17.0 Å². The number of hydrogen-bond donors (Lipinski definition) is 0. The monoisotopic (exact) mass is 222 g/mol. The molecule has 0 fully saturated rings. The van der Waals surface area contributed by atoms with Gasteiger partial charge in [-0.2, -0.15) is 0 Å². The summed E-state index contributed by atoms with van der Waals surface area (Å²) in [6, 6.07) is 6.83. The standard InChI is InChI=1S/C10H7ClN2O2/c1-6-2-3-7-4-5-8(11)12-9(7)10(6)13(14)15/h2-5H,1H3. The lowest BCUT2D eigenvalue weighted by Gasteiger charge is -2.01. The highest BCUT2D eigenvalue weighted by molar-refractivity contribution is 6.29. The van der Waals surface area contributed by atoms with Crippen molar-refractivity contribution >= 4 is 28.2 Å². The van der Waals surface area contributed by atoms with Crippen LogP contribution in [0.5, 0.6) is 0 Å². The number of rotatable bonds is 1. The molecular formula is C10H7ClN2O2. The van der Waals surface area contributed by atoms with Crippen molar-refractivity contribution in [3.8, 4) is 0 Å². The van der Waals surface area contributed by atoms with Gasteiger partial charge in [0.2, 0.25) is 0 Å². The first-order chi connectivity index (χ1) is 7.09. The molecule has 1 heterocycles. The number of aromatic nitrogens is 1. The van der Waals surface area contributed by atoms with Crippen molar-refractivity contribution in [1.82, 2.24) is 4.98 Å². The number of aryl methyl sites for hydroxylation is 1. The van der Waals surface area contributed by atoms with Crippen LogP contribution in [0.15, 0.2) is 24.3 Å². The SMILES string of the molecule is Cc1ccc2ccc(Cl)nc2c1[N+](=O)[O-]. The van der Waals surface area contributed by atoms with Crippen LogP contribution in [0.4, 0.5) is 5.69 Å². The molecule has 0 amide bonds. The van der Waals surface area contributed by atoms with Crippen molar-refractivity contribution < 1.29 is 4.92 Å². The third-order valence-corrected chi connectivity index (χ3v) is 2.40. The van der Waals surface area contributed by atoms with Gasteiger partial charge in [-0.05, 0) is 19.1 Å². The Morgan fingerprint density at radius 3 is 2.67 bits per heavy atom. The normalized spacial score (nSPS) is 10.5. The van der Waals surface area contributed by atoms with Crippen molar-refractivity contribution in [2.75, 3.05) is 0 Å². The van der Waals surface area contributed by atoms with E-state index in [1.807, 2.05) is 0 Å². The van der Waals surface area contributed by atoms with E-state index >= 15 is 0 Å². The van der Waals surface area contributed by atoms with Crippen LogP contribution in [0.3, 0.4) is 0 Å². The lowest BCUT2D eigenvalue weighted by atomic mass is 10.1. The molecule has 0 aliphatic rings. The highest BCUT2D eigenvalue weighted by atomic mass is 35.5. The van der Waals surface area contributed by atoms with Crippen LogP contribution in [-0.2, 0) is 0 Å². The average molecular weight is 223 g/mol.